The van der Waals surface area contributed by atoms with Crippen molar-refractivity contribution >= 4 is 40.2 Å². The van der Waals surface area contributed by atoms with Crippen LogP contribution in [-0.2, 0) is 16.1 Å². The fourth-order valence-electron chi connectivity index (χ4n) is 1.91. The predicted octanol–water partition coefficient (Wildman–Crippen LogP) is 2.42. The zero-order valence-corrected chi connectivity index (χ0v) is 12.1. The van der Waals surface area contributed by atoms with Gasteiger partial charge in [0, 0.05) is 22.8 Å². The summed E-state index contributed by atoms with van der Waals surface area (Å²) in [5.74, 6) is -0.921. The topological polar surface area (TPSA) is 71.3 Å². The fraction of sp³-hybridized carbons (Fsp3) is 0.286. The lowest BCUT2D eigenvalue weighted by molar-refractivity contribution is -0.137. The lowest BCUT2D eigenvalue weighted by atomic mass is 10.2. The number of hydrogen-bond donors (Lipinski definition) is 2. The van der Waals surface area contributed by atoms with Gasteiger partial charge in [-0.3, -0.25) is 9.59 Å². The summed E-state index contributed by atoms with van der Waals surface area (Å²) in [5.41, 5.74) is 1.56. The standard InChI is InChI=1S/C14H16N2O3S/c1-9(20-2)14(19)15-11-3-4-12-10(7-11)5-6-16(12)8-13(17)18/h3-7,9H,8H2,1-2H3,(H,15,19)(H,17,18). The number of nitrogens with one attached hydrogen (secondary N) is 1. The second-order valence-corrected chi connectivity index (χ2v) is 5.66. The molecule has 2 aromatic rings. The van der Waals surface area contributed by atoms with Gasteiger partial charge in [-0.2, -0.15) is 11.8 Å². The van der Waals surface area contributed by atoms with E-state index in [1.165, 1.54) is 11.8 Å². The van der Waals surface area contributed by atoms with Gasteiger partial charge in [-0.1, -0.05) is 0 Å². The van der Waals surface area contributed by atoms with Crippen LogP contribution in [-0.4, -0.2) is 33.1 Å². The molecule has 1 amide bonds. The van der Waals surface area contributed by atoms with E-state index >= 15 is 0 Å². The summed E-state index contributed by atoms with van der Waals surface area (Å²) in [5, 5.41) is 12.5. The molecule has 0 saturated heterocycles. The molecule has 6 heteroatoms. The Hall–Kier alpha value is -1.95. The predicted molar refractivity (Wildman–Crippen MR) is 81.2 cm³/mol. The Labute approximate surface area is 121 Å². The van der Waals surface area contributed by atoms with E-state index in [0.29, 0.717) is 0 Å². The van der Waals surface area contributed by atoms with Gasteiger partial charge in [0.15, 0.2) is 0 Å². The van der Waals surface area contributed by atoms with E-state index < -0.39 is 5.97 Å². The van der Waals surface area contributed by atoms with Crippen molar-refractivity contribution in [3.05, 3.63) is 30.5 Å². The van der Waals surface area contributed by atoms with Gasteiger partial charge in [0.05, 0.1) is 5.25 Å². The Morgan fingerprint density at radius 2 is 2.15 bits per heavy atom. The molecule has 0 aliphatic rings. The number of anilines is 1. The van der Waals surface area contributed by atoms with Gasteiger partial charge in [0.1, 0.15) is 6.54 Å². The minimum Gasteiger partial charge on any atom is -0.480 e. The zero-order chi connectivity index (χ0) is 14.7. The monoisotopic (exact) mass is 292 g/mol. The minimum atomic E-state index is -0.881. The number of hydrogen-bond acceptors (Lipinski definition) is 3. The number of carbonyl (C=O) groups is 2. The molecule has 0 spiro atoms. The Morgan fingerprint density at radius 1 is 1.40 bits per heavy atom. The van der Waals surface area contributed by atoms with Crippen molar-refractivity contribution in [1.82, 2.24) is 4.57 Å². The van der Waals surface area contributed by atoms with E-state index in [0.717, 1.165) is 16.6 Å². The van der Waals surface area contributed by atoms with Gasteiger partial charge in [0.25, 0.3) is 0 Å². The van der Waals surface area contributed by atoms with E-state index in [-0.39, 0.29) is 17.7 Å². The number of aliphatic carboxylic acids is 1. The normalized spacial score (nSPS) is 12.3. The number of amides is 1. The first-order valence-corrected chi connectivity index (χ1v) is 7.44. The number of rotatable bonds is 5. The molecule has 5 nitrogen and oxygen atoms in total. The van der Waals surface area contributed by atoms with Gasteiger partial charge in [0.2, 0.25) is 5.91 Å². The second kappa shape index (κ2) is 6.00. The average molecular weight is 292 g/mol. The molecule has 2 rings (SSSR count). The lowest BCUT2D eigenvalue weighted by Crippen LogP contribution is -2.21. The van der Waals surface area contributed by atoms with Gasteiger partial charge < -0.3 is 15.0 Å². The maximum absolute atomic E-state index is 11.8. The summed E-state index contributed by atoms with van der Waals surface area (Å²) >= 11 is 1.49. The summed E-state index contributed by atoms with van der Waals surface area (Å²) in [6, 6.07) is 7.29. The third kappa shape index (κ3) is 3.14. The van der Waals surface area contributed by atoms with Gasteiger partial charge in [-0.15, -0.1) is 0 Å². The Morgan fingerprint density at radius 3 is 2.80 bits per heavy atom. The minimum absolute atomic E-state index is 0.0400. The highest BCUT2D eigenvalue weighted by atomic mass is 32.2. The molecular formula is C14H16N2O3S. The molecule has 0 fully saturated rings. The van der Waals surface area contributed by atoms with Crippen LogP contribution in [0.1, 0.15) is 6.92 Å². The molecule has 106 valence electrons. The number of carbonyl (C=O) groups excluding carboxylic acids is 1. The van der Waals surface area contributed by atoms with E-state index in [9.17, 15) is 9.59 Å². The highest BCUT2D eigenvalue weighted by Crippen LogP contribution is 2.21. The van der Waals surface area contributed by atoms with Gasteiger partial charge >= 0.3 is 5.97 Å². The van der Waals surface area contributed by atoms with Crippen LogP contribution in [0.2, 0.25) is 0 Å². The SMILES string of the molecule is CSC(C)C(=O)Nc1ccc2c(ccn2CC(=O)O)c1. The summed E-state index contributed by atoms with van der Waals surface area (Å²) in [6.45, 7) is 1.78. The highest BCUT2D eigenvalue weighted by Gasteiger charge is 2.12. The smallest absolute Gasteiger partial charge is 0.323 e. The van der Waals surface area contributed by atoms with Crippen LogP contribution in [0.3, 0.4) is 0 Å². The maximum atomic E-state index is 11.8. The van der Waals surface area contributed by atoms with Crippen molar-refractivity contribution in [2.24, 2.45) is 0 Å². The molecule has 1 aromatic heterocycles. The molecule has 0 aliphatic heterocycles. The van der Waals surface area contributed by atoms with Crippen molar-refractivity contribution in [3.63, 3.8) is 0 Å². The van der Waals surface area contributed by atoms with Crippen molar-refractivity contribution < 1.29 is 14.7 Å². The number of fused-ring (bicyclic) bond motifs is 1. The van der Waals surface area contributed by atoms with E-state index in [1.807, 2.05) is 31.4 Å². The molecule has 20 heavy (non-hydrogen) atoms. The third-order valence-electron chi connectivity index (χ3n) is 3.07. The largest absolute Gasteiger partial charge is 0.480 e. The second-order valence-electron chi connectivity index (χ2n) is 4.48. The molecule has 0 aliphatic carbocycles. The molecule has 1 atom stereocenters. The Bertz CT molecular complexity index is 651. The quantitative estimate of drug-likeness (QED) is 0.887. The van der Waals surface area contributed by atoms with E-state index in [4.69, 9.17) is 5.11 Å². The molecule has 1 unspecified atom stereocenters. The zero-order valence-electron chi connectivity index (χ0n) is 11.3. The summed E-state index contributed by atoms with van der Waals surface area (Å²) in [7, 11) is 0. The maximum Gasteiger partial charge on any atom is 0.323 e. The van der Waals surface area contributed by atoms with Crippen molar-refractivity contribution in [1.29, 1.82) is 0 Å². The van der Waals surface area contributed by atoms with Crippen LogP contribution in [0.5, 0.6) is 0 Å². The Balaban J connectivity index is 2.22. The first-order chi connectivity index (χ1) is 9.51. The number of carboxylic acid groups (broad SMARTS) is 1. The Kier molecular flexibility index (Phi) is 4.34. The molecule has 0 bridgehead atoms. The lowest BCUT2D eigenvalue weighted by Gasteiger charge is -2.10. The highest BCUT2D eigenvalue weighted by molar-refractivity contribution is 7.99. The third-order valence-corrected chi connectivity index (χ3v) is 3.99. The molecule has 0 saturated carbocycles. The first-order valence-electron chi connectivity index (χ1n) is 6.15. The van der Waals surface area contributed by atoms with Crippen LogP contribution in [0.25, 0.3) is 10.9 Å². The van der Waals surface area contributed by atoms with Crippen LogP contribution in [0.15, 0.2) is 30.5 Å². The molecule has 1 heterocycles. The van der Waals surface area contributed by atoms with Crippen molar-refractivity contribution in [2.75, 3.05) is 11.6 Å². The van der Waals surface area contributed by atoms with E-state index in [1.54, 1.807) is 16.8 Å². The van der Waals surface area contributed by atoms with Crippen LogP contribution >= 0.6 is 11.8 Å². The van der Waals surface area contributed by atoms with Crippen molar-refractivity contribution in [3.8, 4) is 0 Å². The van der Waals surface area contributed by atoms with Gasteiger partial charge in [-0.25, -0.2) is 0 Å². The number of benzene rings is 1. The summed E-state index contributed by atoms with van der Waals surface area (Å²) in [6.07, 6.45) is 3.62. The first kappa shape index (κ1) is 14.5. The number of nitrogens with zero attached hydrogens (tertiary/aromatic N) is 1. The fourth-order valence-corrected chi connectivity index (χ4v) is 2.19. The number of thioether (sulfide) groups is 1. The number of carboxylic acids is 1. The summed E-state index contributed by atoms with van der Waals surface area (Å²) < 4.78 is 1.66. The van der Waals surface area contributed by atoms with Crippen LogP contribution < -0.4 is 5.32 Å². The van der Waals surface area contributed by atoms with Crippen LogP contribution in [0, 0.1) is 0 Å². The molecule has 0 radical (unpaired) electrons. The molecular weight excluding hydrogens is 276 g/mol. The molecule has 2 N–H and O–H groups in total. The number of aromatic nitrogens is 1. The van der Waals surface area contributed by atoms with Crippen LogP contribution in [0.4, 0.5) is 5.69 Å². The van der Waals surface area contributed by atoms with E-state index in [2.05, 4.69) is 5.32 Å². The van der Waals surface area contributed by atoms with Crippen molar-refractivity contribution in [2.45, 2.75) is 18.7 Å². The summed E-state index contributed by atoms with van der Waals surface area (Å²) in [4.78, 5) is 22.6. The average Bonchev–Trinajstić information content (AvgIpc) is 2.79. The van der Waals surface area contributed by atoms with Gasteiger partial charge in [-0.05, 0) is 37.4 Å². The molecule has 1 aromatic carbocycles.